The molecule has 0 saturated heterocycles. The molecule has 6 heteroatoms. The Labute approximate surface area is 113 Å². The minimum absolute atomic E-state index is 0.00552. The van der Waals surface area contributed by atoms with E-state index < -0.39 is 0 Å². The molecule has 0 radical (unpaired) electrons. The number of rotatable bonds is 3. The van der Waals surface area contributed by atoms with Crippen LogP contribution in [-0.4, -0.2) is 9.97 Å². The maximum atomic E-state index is 5.89. The van der Waals surface area contributed by atoms with Crippen molar-refractivity contribution in [1.82, 2.24) is 9.97 Å². The number of anilines is 1. The van der Waals surface area contributed by atoms with E-state index in [1.165, 1.54) is 6.33 Å². The average Bonchev–Trinajstić information content (AvgIpc) is 2.72. The molecule has 2 heterocycles. The predicted molar refractivity (Wildman–Crippen MR) is 70.2 cm³/mol. The van der Waals surface area contributed by atoms with Crippen molar-refractivity contribution in [1.29, 1.82) is 0 Å². The fraction of sp³-hybridized carbons (Fsp3) is 0.273. The van der Waals surface area contributed by atoms with E-state index in [0.717, 1.165) is 11.5 Å². The fourth-order valence-electron chi connectivity index (χ4n) is 1.41. The van der Waals surface area contributed by atoms with Gasteiger partial charge in [0.25, 0.3) is 0 Å². The van der Waals surface area contributed by atoms with Gasteiger partial charge in [-0.05, 0) is 41.9 Å². The zero-order valence-electron chi connectivity index (χ0n) is 9.37. The summed E-state index contributed by atoms with van der Waals surface area (Å²) in [6, 6.07) is 3.87. The molecule has 0 saturated carbocycles. The van der Waals surface area contributed by atoms with Gasteiger partial charge in [0.1, 0.15) is 28.8 Å². The summed E-state index contributed by atoms with van der Waals surface area (Å²) >= 11 is 9.22. The van der Waals surface area contributed by atoms with Gasteiger partial charge < -0.3 is 9.73 Å². The number of nitrogens with one attached hydrogen (secondary N) is 1. The average molecular weight is 317 g/mol. The Morgan fingerprint density at radius 3 is 2.82 bits per heavy atom. The third kappa shape index (κ3) is 2.79. The number of halogens is 2. The highest BCUT2D eigenvalue weighted by molar-refractivity contribution is 9.10. The van der Waals surface area contributed by atoms with Crippen LogP contribution in [-0.2, 0) is 0 Å². The smallest absolute Gasteiger partial charge is 0.148 e. The number of hydrogen-bond acceptors (Lipinski definition) is 4. The van der Waals surface area contributed by atoms with E-state index in [1.807, 2.05) is 26.0 Å². The number of aromatic nitrogens is 2. The van der Waals surface area contributed by atoms with E-state index in [2.05, 4.69) is 31.2 Å². The van der Waals surface area contributed by atoms with Crippen molar-refractivity contribution in [2.75, 3.05) is 5.32 Å². The molecule has 90 valence electrons. The van der Waals surface area contributed by atoms with Crippen LogP contribution in [0.1, 0.15) is 24.5 Å². The van der Waals surface area contributed by atoms with Crippen LogP contribution in [0.3, 0.4) is 0 Å². The topological polar surface area (TPSA) is 51.0 Å². The van der Waals surface area contributed by atoms with Crippen LogP contribution in [0, 0.1) is 6.92 Å². The third-order valence-corrected chi connectivity index (χ3v) is 3.55. The molecule has 0 aliphatic carbocycles. The minimum Gasteiger partial charge on any atom is -0.464 e. The van der Waals surface area contributed by atoms with Crippen LogP contribution in [0.25, 0.3) is 0 Å². The maximum absolute atomic E-state index is 5.89. The quantitative estimate of drug-likeness (QED) is 0.871. The molecule has 0 aliphatic rings. The van der Waals surface area contributed by atoms with Crippen LogP contribution in [0.15, 0.2) is 27.3 Å². The molecule has 0 amide bonds. The normalized spacial score (nSPS) is 12.5. The highest BCUT2D eigenvalue weighted by Crippen LogP contribution is 2.29. The molecule has 4 nitrogen and oxygen atoms in total. The van der Waals surface area contributed by atoms with Crippen molar-refractivity contribution in [2.45, 2.75) is 19.9 Å². The molecular weight excluding hydrogens is 305 g/mol. The fourth-order valence-corrected chi connectivity index (χ4v) is 1.86. The summed E-state index contributed by atoms with van der Waals surface area (Å²) in [5, 5.41) is 3.58. The van der Waals surface area contributed by atoms with Crippen LogP contribution < -0.4 is 5.32 Å². The molecule has 2 aromatic heterocycles. The lowest BCUT2D eigenvalue weighted by Crippen LogP contribution is -2.08. The summed E-state index contributed by atoms with van der Waals surface area (Å²) in [6.45, 7) is 3.90. The van der Waals surface area contributed by atoms with Crippen LogP contribution >= 0.6 is 27.5 Å². The van der Waals surface area contributed by atoms with E-state index >= 15 is 0 Å². The van der Waals surface area contributed by atoms with Crippen molar-refractivity contribution >= 4 is 33.3 Å². The second kappa shape index (κ2) is 5.06. The molecule has 2 aromatic rings. The van der Waals surface area contributed by atoms with E-state index in [-0.39, 0.29) is 6.04 Å². The third-order valence-electron chi connectivity index (χ3n) is 2.29. The number of aryl methyl sites for hydroxylation is 1. The van der Waals surface area contributed by atoms with Gasteiger partial charge in [-0.2, -0.15) is 0 Å². The summed E-state index contributed by atoms with van der Waals surface area (Å²) in [4.78, 5) is 7.98. The van der Waals surface area contributed by atoms with Crippen LogP contribution in [0.5, 0.6) is 0 Å². The molecule has 17 heavy (non-hydrogen) atoms. The van der Waals surface area contributed by atoms with Gasteiger partial charge in [-0.25, -0.2) is 9.97 Å². The van der Waals surface area contributed by atoms with Crippen molar-refractivity contribution in [3.05, 3.63) is 39.6 Å². The summed E-state index contributed by atoms with van der Waals surface area (Å²) in [5.74, 6) is 2.38. The van der Waals surface area contributed by atoms with Gasteiger partial charge in [-0.15, -0.1) is 0 Å². The lowest BCUT2D eigenvalue weighted by molar-refractivity contribution is 0.466. The van der Waals surface area contributed by atoms with Crippen LogP contribution in [0.4, 0.5) is 5.82 Å². The Balaban J connectivity index is 2.18. The number of nitrogens with zero attached hydrogens (tertiary/aromatic N) is 2. The van der Waals surface area contributed by atoms with Gasteiger partial charge in [0, 0.05) is 0 Å². The Bertz CT molecular complexity index is 529. The van der Waals surface area contributed by atoms with E-state index in [0.29, 0.717) is 15.4 Å². The zero-order valence-corrected chi connectivity index (χ0v) is 11.7. The molecule has 0 aliphatic heterocycles. The highest BCUT2D eigenvalue weighted by atomic mass is 79.9. The SMILES string of the molecule is Cc1ccc(C(C)Nc2ncnc(Cl)c2Br)o1. The highest BCUT2D eigenvalue weighted by Gasteiger charge is 2.13. The summed E-state index contributed by atoms with van der Waals surface area (Å²) in [7, 11) is 0. The van der Waals surface area contributed by atoms with Crippen molar-refractivity contribution in [3.63, 3.8) is 0 Å². The summed E-state index contributed by atoms with van der Waals surface area (Å²) < 4.78 is 6.18. The first-order chi connectivity index (χ1) is 8.08. The molecule has 0 fully saturated rings. The summed E-state index contributed by atoms with van der Waals surface area (Å²) in [6.07, 6.45) is 1.41. The second-order valence-electron chi connectivity index (χ2n) is 3.64. The van der Waals surface area contributed by atoms with Crippen molar-refractivity contribution < 1.29 is 4.42 Å². The molecule has 0 spiro atoms. The van der Waals surface area contributed by atoms with Gasteiger partial charge >= 0.3 is 0 Å². The van der Waals surface area contributed by atoms with E-state index in [4.69, 9.17) is 16.0 Å². The molecule has 2 rings (SSSR count). The first-order valence-corrected chi connectivity index (χ1v) is 6.24. The van der Waals surface area contributed by atoms with Gasteiger partial charge in [-0.3, -0.25) is 0 Å². The van der Waals surface area contributed by atoms with Crippen molar-refractivity contribution in [3.8, 4) is 0 Å². The molecule has 0 bridgehead atoms. The lowest BCUT2D eigenvalue weighted by atomic mass is 10.2. The van der Waals surface area contributed by atoms with Gasteiger partial charge in [0.05, 0.1) is 10.5 Å². The molecule has 1 N–H and O–H groups in total. The van der Waals surface area contributed by atoms with Crippen LogP contribution in [0.2, 0.25) is 5.15 Å². The van der Waals surface area contributed by atoms with Gasteiger partial charge in [-0.1, -0.05) is 11.6 Å². The van der Waals surface area contributed by atoms with E-state index in [1.54, 1.807) is 0 Å². The zero-order chi connectivity index (χ0) is 12.4. The predicted octanol–water partition coefficient (Wildman–Crippen LogP) is 3.97. The number of furan rings is 1. The molecular formula is C11H11BrClN3O. The second-order valence-corrected chi connectivity index (χ2v) is 4.79. The Hall–Kier alpha value is -1.07. The number of hydrogen-bond donors (Lipinski definition) is 1. The van der Waals surface area contributed by atoms with E-state index in [9.17, 15) is 0 Å². The maximum Gasteiger partial charge on any atom is 0.148 e. The monoisotopic (exact) mass is 315 g/mol. The van der Waals surface area contributed by atoms with Gasteiger partial charge in [0.2, 0.25) is 0 Å². The Morgan fingerprint density at radius 2 is 2.18 bits per heavy atom. The first kappa shape index (κ1) is 12.4. The summed E-state index contributed by atoms with van der Waals surface area (Å²) in [5.41, 5.74) is 0. The molecule has 0 aromatic carbocycles. The standard InChI is InChI=1S/C11H11BrClN3O/c1-6-3-4-8(17-6)7(2)16-11-9(12)10(13)14-5-15-11/h3-5,7H,1-2H3,(H,14,15,16). The molecule has 1 atom stereocenters. The Morgan fingerprint density at radius 1 is 1.41 bits per heavy atom. The first-order valence-electron chi connectivity index (χ1n) is 5.07. The molecule has 1 unspecified atom stereocenters. The van der Waals surface area contributed by atoms with Crippen molar-refractivity contribution in [2.24, 2.45) is 0 Å². The Kier molecular flexibility index (Phi) is 3.69. The lowest BCUT2D eigenvalue weighted by Gasteiger charge is -2.13. The largest absolute Gasteiger partial charge is 0.464 e. The minimum atomic E-state index is 0.00552. The van der Waals surface area contributed by atoms with Gasteiger partial charge in [0.15, 0.2) is 0 Å².